The van der Waals surface area contributed by atoms with Crippen LogP contribution in [0.1, 0.15) is 12.8 Å². The summed E-state index contributed by atoms with van der Waals surface area (Å²) in [6, 6.07) is 4.62. The number of piperidine rings is 1. The molecule has 2 heterocycles. The van der Waals surface area contributed by atoms with Crippen molar-refractivity contribution in [2.75, 3.05) is 19.9 Å². The van der Waals surface area contributed by atoms with Crippen LogP contribution in [0, 0.1) is 0 Å². The van der Waals surface area contributed by atoms with E-state index in [-0.39, 0.29) is 11.7 Å². The molecule has 0 aromatic heterocycles. The Morgan fingerprint density at radius 2 is 1.84 bits per heavy atom. The predicted molar refractivity (Wildman–Crippen MR) is 66.6 cm³/mol. The third-order valence-electron chi connectivity index (χ3n) is 3.41. The molecule has 1 fully saturated rings. The summed E-state index contributed by atoms with van der Waals surface area (Å²) in [5.74, 6) is 1.02. The molecule has 7 heteroatoms. The van der Waals surface area contributed by atoms with Crippen molar-refractivity contribution in [2.24, 2.45) is 0 Å². The molecule has 0 bridgehead atoms. The van der Waals surface area contributed by atoms with Gasteiger partial charge in [-0.15, -0.1) is 0 Å². The molecule has 0 unspecified atom stereocenters. The van der Waals surface area contributed by atoms with E-state index < -0.39 is 16.1 Å². The SMILES string of the molecule is O=S(=O)(c1ccc2c(c1)OCO2)N1CCC(O)CC1. The zero-order valence-corrected chi connectivity index (χ0v) is 11.1. The van der Waals surface area contributed by atoms with E-state index in [0.717, 1.165) is 0 Å². The third-order valence-corrected chi connectivity index (χ3v) is 5.30. The van der Waals surface area contributed by atoms with Gasteiger partial charge < -0.3 is 14.6 Å². The first kappa shape index (κ1) is 12.7. The second kappa shape index (κ2) is 4.66. The van der Waals surface area contributed by atoms with Crippen LogP contribution in [0.15, 0.2) is 23.1 Å². The minimum Gasteiger partial charge on any atom is -0.454 e. The highest BCUT2D eigenvalue weighted by Gasteiger charge is 2.30. The van der Waals surface area contributed by atoms with Gasteiger partial charge in [0.05, 0.1) is 11.0 Å². The molecule has 0 amide bonds. The summed E-state index contributed by atoms with van der Waals surface area (Å²) in [5.41, 5.74) is 0. The standard InChI is InChI=1S/C12H15NO5S/c14-9-3-5-13(6-4-9)19(15,16)10-1-2-11-12(7-10)18-8-17-11/h1-2,7,9,14H,3-6,8H2. The lowest BCUT2D eigenvalue weighted by Crippen LogP contribution is -2.39. The number of hydrogen-bond donors (Lipinski definition) is 1. The maximum absolute atomic E-state index is 12.4. The predicted octanol–water partition coefficient (Wildman–Crippen LogP) is 0.561. The van der Waals surface area contributed by atoms with Gasteiger partial charge in [0.15, 0.2) is 11.5 Å². The first-order chi connectivity index (χ1) is 9.07. The van der Waals surface area contributed by atoms with Crippen molar-refractivity contribution in [2.45, 2.75) is 23.8 Å². The first-order valence-corrected chi connectivity index (χ1v) is 7.59. The first-order valence-electron chi connectivity index (χ1n) is 6.15. The van der Waals surface area contributed by atoms with E-state index in [0.29, 0.717) is 37.4 Å². The van der Waals surface area contributed by atoms with E-state index in [2.05, 4.69) is 0 Å². The molecule has 1 N–H and O–H groups in total. The lowest BCUT2D eigenvalue weighted by atomic mass is 10.1. The van der Waals surface area contributed by atoms with E-state index in [1.54, 1.807) is 6.07 Å². The molecule has 1 saturated heterocycles. The zero-order valence-electron chi connectivity index (χ0n) is 10.3. The van der Waals surface area contributed by atoms with Crippen LogP contribution < -0.4 is 9.47 Å². The highest BCUT2D eigenvalue weighted by molar-refractivity contribution is 7.89. The van der Waals surface area contributed by atoms with Crippen LogP contribution in [0.2, 0.25) is 0 Å². The van der Waals surface area contributed by atoms with Gasteiger partial charge in [-0.25, -0.2) is 8.42 Å². The Morgan fingerprint density at radius 3 is 2.58 bits per heavy atom. The minimum absolute atomic E-state index is 0.120. The van der Waals surface area contributed by atoms with E-state index in [9.17, 15) is 13.5 Å². The van der Waals surface area contributed by atoms with Gasteiger partial charge in [0, 0.05) is 19.2 Å². The van der Waals surface area contributed by atoms with Crippen molar-refractivity contribution in [3.05, 3.63) is 18.2 Å². The van der Waals surface area contributed by atoms with Crippen LogP contribution in [-0.2, 0) is 10.0 Å². The van der Waals surface area contributed by atoms with Crippen molar-refractivity contribution in [3.63, 3.8) is 0 Å². The fourth-order valence-corrected chi connectivity index (χ4v) is 3.75. The number of benzene rings is 1. The number of nitrogens with zero attached hydrogens (tertiary/aromatic N) is 1. The van der Waals surface area contributed by atoms with Crippen molar-refractivity contribution in [1.29, 1.82) is 0 Å². The molecule has 104 valence electrons. The quantitative estimate of drug-likeness (QED) is 0.859. The minimum atomic E-state index is -3.52. The summed E-state index contributed by atoms with van der Waals surface area (Å²) in [7, 11) is -3.52. The van der Waals surface area contributed by atoms with Crippen LogP contribution in [0.25, 0.3) is 0 Å². The van der Waals surface area contributed by atoms with Crippen LogP contribution in [0.3, 0.4) is 0 Å². The zero-order chi connectivity index (χ0) is 13.5. The Hall–Kier alpha value is -1.31. The monoisotopic (exact) mass is 285 g/mol. The lowest BCUT2D eigenvalue weighted by molar-refractivity contribution is 0.113. The summed E-state index contributed by atoms with van der Waals surface area (Å²) in [6.45, 7) is 0.810. The average molecular weight is 285 g/mol. The molecule has 0 atom stereocenters. The van der Waals surface area contributed by atoms with E-state index >= 15 is 0 Å². The van der Waals surface area contributed by atoms with Gasteiger partial charge in [-0.1, -0.05) is 0 Å². The maximum Gasteiger partial charge on any atom is 0.243 e. The van der Waals surface area contributed by atoms with Crippen LogP contribution >= 0.6 is 0 Å². The largest absolute Gasteiger partial charge is 0.454 e. The number of sulfonamides is 1. The number of aliphatic hydroxyl groups excluding tert-OH is 1. The molecule has 0 saturated carbocycles. The Labute approximate surface area is 111 Å². The van der Waals surface area contributed by atoms with Crippen molar-refractivity contribution < 1.29 is 23.0 Å². The number of hydrogen-bond acceptors (Lipinski definition) is 5. The Kier molecular flexibility index (Phi) is 3.12. The van der Waals surface area contributed by atoms with E-state index in [4.69, 9.17) is 9.47 Å². The maximum atomic E-state index is 12.4. The molecule has 0 aliphatic carbocycles. The topological polar surface area (TPSA) is 76.1 Å². The molecule has 3 rings (SSSR count). The summed E-state index contributed by atoms with van der Waals surface area (Å²) in [5, 5.41) is 9.43. The second-order valence-corrected chi connectivity index (χ2v) is 6.59. The molecule has 2 aliphatic heterocycles. The average Bonchev–Trinajstić information content (AvgIpc) is 2.86. The lowest BCUT2D eigenvalue weighted by Gasteiger charge is -2.28. The van der Waals surface area contributed by atoms with Crippen molar-refractivity contribution in [1.82, 2.24) is 4.31 Å². The molecule has 2 aliphatic rings. The smallest absolute Gasteiger partial charge is 0.243 e. The van der Waals surface area contributed by atoms with Gasteiger partial charge in [-0.2, -0.15) is 4.31 Å². The Balaban J connectivity index is 1.88. The van der Waals surface area contributed by atoms with E-state index in [1.165, 1.54) is 16.4 Å². The van der Waals surface area contributed by atoms with Crippen molar-refractivity contribution in [3.8, 4) is 11.5 Å². The summed E-state index contributed by atoms with van der Waals surface area (Å²) >= 11 is 0. The van der Waals surface area contributed by atoms with Gasteiger partial charge in [-0.05, 0) is 25.0 Å². The van der Waals surface area contributed by atoms with Gasteiger partial charge in [-0.3, -0.25) is 0 Å². The molecule has 1 aromatic rings. The van der Waals surface area contributed by atoms with Gasteiger partial charge in [0.2, 0.25) is 16.8 Å². The number of ether oxygens (including phenoxy) is 2. The highest BCUT2D eigenvalue weighted by atomic mass is 32.2. The Bertz CT molecular complexity index is 578. The van der Waals surface area contributed by atoms with Gasteiger partial charge in [0.1, 0.15) is 0 Å². The Morgan fingerprint density at radius 1 is 1.16 bits per heavy atom. The summed E-state index contributed by atoms with van der Waals surface area (Å²) in [6.07, 6.45) is 0.552. The third kappa shape index (κ3) is 2.29. The summed E-state index contributed by atoms with van der Waals surface area (Å²) < 4.78 is 36.6. The number of rotatable bonds is 2. The molecule has 1 aromatic carbocycles. The highest BCUT2D eigenvalue weighted by Crippen LogP contribution is 2.35. The van der Waals surface area contributed by atoms with Gasteiger partial charge in [0.25, 0.3) is 0 Å². The van der Waals surface area contributed by atoms with Crippen LogP contribution in [0.5, 0.6) is 11.5 Å². The molecular formula is C12H15NO5S. The van der Waals surface area contributed by atoms with Gasteiger partial charge >= 0.3 is 0 Å². The number of aliphatic hydroxyl groups is 1. The fraction of sp³-hybridized carbons (Fsp3) is 0.500. The molecule has 0 radical (unpaired) electrons. The molecule has 0 spiro atoms. The summed E-state index contributed by atoms with van der Waals surface area (Å²) in [4.78, 5) is 0.202. The molecule has 19 heavy (non-hydrogen) atoms. The second-order valence-electron chi connectivity index (χ2n) is 4.65. The molecule has 6 nitrogen and oxygen atoms in total. The fourth-order valence-electron chi connectivity index (χ4n) is 2.27. The van der Waals surface area contributed by atoms with E-state index in [1.807, 2.05) is 0 Å². The normalized spacial score (nSPS) is 20.7. The molecular weight excluding hydrogens is 270 g/mol. The van der Waals surface area contributed by atoms with Crippen molar-refractivity contribution >= 4 is 10.0 Å². The van der Waals surface area contributed by atoms with Crippen LogP contribution in [-0.4, -0.2) is 43.8 Å². The number of fused-ring (bicyclic) bond motifs is 1. The van der Waals surface area contributed by atoms with Crippen LogP contribution in [0.4, 0.5) is 0 Å².